The van der Waals surface area contributed by atoms with Crippen molar-refractivity contribution in [2.24, 2.45) is 5.92 Å². The van der Waals surface area contributed by atoms with Crippen molar-refractivity contribution in [1.82, 2.24) is 0 Å². The topological polar surface area (TPSA) is 43.4 Å². The largest absolute Gasteiger partial charge is 0.489 e. The molecular weight excluding hydrogens is 383 g/mol. The first-order chi connectivity index (χ1) is 9.82. The zero-order chi connectivity index (χ0) is 15.6. The number of ether oxygens (including phenoxy) is 1. The highest BCUT2D eigenvalue weighted by Crippen LogP contribution is 2.36. The summed E-state index contributed by atoms with van der Waals surface area (Å²) in [5.74, 6) is -0.126. The Morgan fingerprint density at radius 1 is 1.38 bits per heavy atom. The van der Waals surface area contributed by atoms with E-state index in [2.05, 4.69) is 22.9 Å². The molecule has 0 bridgehead atoms. The van der Waals surface area contributed by atoms with Crippen LogP contribution in [0.25, 0.3) is 0 Å². The van der Waals surface area contributed by atoms with E-state index in [-0.39, 0.29) is 6.10 Å². The fourth-order valence-electron chi connectivity index (χ4n) is 2.75. The minimum Gasteiger partial charge on any atom is -0.489 e. The number of hydrogen-bond donors (Lipinski definition) is 0. The normalized spacial score (nSPS) is 23.0. The Morgan fingerprint density at radius 3 is 2.67 bits per heavy atom. The molecule has 0 saturated heterocycles. The molecule has 0 aromatic heterocycles. The van der Waals surface area contributed by atoms with Crippen molar-refractivity contribution >= 4 is 35.7 Å². The minimum absolute atomic E-state index is 0.0397. The van der Waals surface area contributed by atoms with Crippen LogP contribution in [0.4, 0.5) is 4.39 Å². The fraction of sp³-hybridized carbons (Fsp3) is 0.571. The molecule has 2 rings (SSSR count). The maximum atomic E-state index is 13.9. The van der Waals surface area contributed by atoms with Crippen molar-refractivity contribution in [3.63, 3.8) is 0 Å². The minimum atomic E-state index is -4.11. The number of halogens is 3. The van der Waals surface area contributed by atoms with Crippen molar-refractivity contribution in [3.8, 4) is 5.75 Å². The maximum Gasteiger partial charge on any atom is 0.264 e. The summed E-state index contributed by atoms with van der Waals surface area (Å²) in [5, 5.41) is 0. The standard InChI is InChI=1S/C14H17BrClFO3S/c1-2-9-5-3-4-6-12(9)20-13-8-11(17)14(7-10(13)15)21(16,18)19/h7-9,12H,2-6H2,1H3. The first-order valence-electron chi connectivity index (χ1n) is 6.93. The van der Waals surface area contributed by atoms with Crippen molar-refractivity contribution in [3.05, 3.63) is 22.4 Å². The van der Waals surface area contributed by atoms with Gasteiger partial charge in [-0.15, -0.1) is 0 Å². The third-order valence-corrected chi connectivity index (χ3v) is 5.85. The van der Waals surface area contributed by atoms with Gasteiger partial charge in [-0.25, -0.2) is 12.8 Å². The summed E-state index contributed by atoms with van der Waals surface area (Å²) in [4.78, 5) is -0.543. The smallest absolute Gasteiger partial charge is 0.264 e. The van der Waals surface area contributed by atoms with Gasteiger partial charge in [0.25, 0.3) is 9.05 Å². The van der Waals surface area contributed by atoms with Crippen LogP contribution in [0.5, 0.6) is 5.75 Å². The summed E-state index contributed by atoms with van der Waals surface area (Å²) in [6, 6.07) is 2.23. The Balaban J connectivity index is 2.27. The van der Waals surface area contributed by atoms with Crippen LogP contribution >= 0.6 is 26.6 Å². The van der Waals surface area contributed by atoms with E-state index < -0.39 is 19.8 Å². The molecule has 7 heteroatoms. The van der Waals surface area contributed by atoms with E-state index in [1.807, 2.05) is 0 Å². The molecule has 21 heavy (non-hydrogen) atoms. The van der Waals surface area contributed by atoms with Crippen LogP contribution in [0, 0.1) is 11.7 Å². The van der Waals surface area contributed by atoms with Gasteiger partial charge in [0, 0.05) is 16.7 Å². The quantitative estimate of drug-likeness (QED) is 0.679. The average molecular weight is 400 g/mol. The monoisotopic (exact) mass is 398 g/mol. The van der Waals surface area contributed by atoms with Crippen molar-refractivity contribution in [2.45, 2.75) is 50.0 Å². The van der Waals surface area contributed by atoms with E-state index in [1.165, 1.54) is 6.42 Å². The lowest BCUT2D eigenvalue weighted by atomic mass is 9.85. The first kappa shape index (κ1) is 17.0. The lowest BCUT2D eigenvalue weighted by Crippen LogP contribution is -2.30. The number of hydrogen-bond acceptors (Lipinski definition) is 3. The van der Waals surface area contributed by atoms with E-state index in [0.717, 1.165) is 37.8 Å². The Bertz CT molecular complexity index is 621. The molecule has 0 radical (unpaired) electrons. The zero-order valence-electron chi connectivity index (χ0n) is 11.6. The predicted molar refractivity (Wildman–Crippen MR) is 83.8 cm³/mol. The summed E-state index contributed by atoms with van der Waals surface area (Å²) in [7, 11) is 1.09. The molecule has 0 heterocycles. The lowest BCUT2D eigenvalue weighted by molar-refractivity contribution is 0.0892. The molecule has 0 N–H and O–H groups in total. The Kier molecular flexibility index (Phi) is 5.54. The van der Waals surface area contributed by atoms with E-state index in [0.29, 0.717) is 16.1 Å². The summed E-state index contributed by atoms with van der Waals surface area (Å²) in [5.41, 5.74) is 0. The van der Waals surface area contributed by atoms with Gasteiger partial charge in [-0.3, -0.25) is 0 Å². The van der Waals surface area contributed by atoms with Gasteiger partial charge in [-0.05, 0) is 53.6 Å². The highest BCUT2D eigenvalue weighted by molar-refractivity contribution is 9.10. The van der Waals surface area contributed by atoms with Crippen LogP contribution in [0.2, 0.25) is 0 Å². The molecule has 1 aromatic carbocycles. The molecule has 1 aromatic rings. The van der Waals surface area contributed by atoms with Gasteiger partial charge in [0.05, 0.1) is 4.47 Å². The molecule has 1 fully saturated rings. The average Bonchev–Trinajstić information content (AvgIpc) is 2.42. The molecule has 1 aliphatic carbocycles. The predicted octanol–water partition coefficient (Wildman–Crippen LogP) is 4.86. The molecule has 3 nitrogen and oxygen atoms in total. The van der Waals surface area contributed by atoms with Gasteiger partial charge >= 0.3 is 0 Å². The van der Waals surface area contributed by atoms with Gasteiger partial charge in [0.15, 0.2) is 0 Å². The molecule has 2 unspecified atom stereocenters. The second-order valence-electron chi connectivity index (χ2n) is 5.26. The van der Waals surface area contributed by atoms with Gasteiger partial charge in [-0.1, -0.05) is 13.3 Å². The van der Waals surface area contributed by atoms with Crippen LogP contribution in [0.3, 0.4) is 0 Å². The van der Waals surface area contributed by atoms with Gasteiger partial charge in [0.1, 0.15) is 22.6 Å². The lowest BCUT2D eigenvalue weighted by Gasteiger charge is -2.31. The van der Waals surface area contributed by atoms with Crippen molar-refractivity contribution in [2.75, 3.05) is 0 Å². The summed E-state index contributed by atoms with van der Waals surface area (Å²) < 4.78 is 42.7. The van der Waals surface area contributed by atoms with Gasteiger partial charge < -0.3 is 4.74 Å². The Labute approximate surface area is 137 Å². The molecule has 1 saturated carbocycles. The fourth-order valence-corrected chi connectivity index (χ4v) is 4.24. The SMILES string of the molecule is CCC1CCCCC1Oc1cc(F)c(S(=O)(=O)Cl)cc1Br. The second-order valence-corrected chi connectivity index (χ2v) is 8.65. The first-order valence-corrected chi connectivity index (χ1v) is 10.0. The number of rotatable bonds is 4. The van der Waals surface area contributed by atoms with Crippen LogP contribution in [-0.2, 0) is 9.05 Å². The van der Waals surface area contributed by atoms with E-state index in [9.17, 15) is 12.8 Å². The van der Waals surface area contributed by atoms with Crippen molar-refractivity contribution in [1.29, 1.82) is 0 Å². The molecule has 118 valence electrons. The third-order valence-electron chi connectivity index (χ3n) is 3.89. The third kappa shape index (κ3) is 4.11. The number of benzene rings is 1. The second kappa shape index (κ2) is 6.84. The van der Waals surface area contributed by atoms with E-state index >= 15 is 0 Å². The molecule has 0 amide bonds. The highest BCUT2D eigenvalue weighted by Gasteiger charge is 2.27. The molecule has 0 aliphatic heterocycles. The highest BCUT2D eigenvalue weighted by atomic mass is 79.9. The van der Waals surface area contributed by atoms with Crippen LogP contribution < -0.4 is 4.74 Å². The summed E-state index contributed by atoms with van der Waals surface area (Å²) in [6.07, 6.45) is 5.38. The summed E-state index contributed by atoms with van der Waals surface area (Å²) >= 11 is 3.23. The van der Waals surface area contributed by atoms with Crippen LogP contribution in [0.15, 0.2) is 21.5 Å². The summed E-state index contributed by atoms with van der Waals surface area (Å²) in [6.45, 7) is 2.12. The molecular formula is C14H17BrClFO3S. The Morgan fingerprint density at radius 2 is 2.05 bits per heavy atom. The van der Waals surface area contributed by atoms with Crippen LogP contribution in [0.1, 0.15) is 39.0 Å². The molecule has 2 atom stereocenters. The van der Waals surface area contributed by atoms with E-state index in [4.69, 9.17) is 15.4 Å². The van der Waals surface area contributed by atoms with E-state index in [1.54, 1.807) is 0 Å². The van der Waals surface area contributed by atoms with Gasteiger partial charge in [0.2, 0.25) is 0 Å². The molecule has 1 aliphatic rings. The van der Waals surface area contributed by atoms with Crippen LogP contribution in [-0.4, -0.2) is 14.5 Å². The van der Waals surface area contributed by atoms with Crippen molar-refractivity contribution < 1.29 is 17.5 Å². The van der Waals surface area contributed by atoms with Gasteiger partial charge in [-0.2, -0.15) is 0 Å². The zero-order valence-corrected chi connectivity index (χ0v) is 14.8. The maximum absolute atomic E-state index is 13.9. The Hall–Kier alpha value is -0.330. The molecule has 0 spiro atoms.